The van der Waals surface area contributed by atoms with E-state index < -0.39 is 23.9 Å². The maximum atomic E-state index is 12.9. The molecule has 0 saturated heterocycles. The predicted octanol–water partition coefficient (Wildman–Crippen LogP) is 4.63. The number of halogens is 5. The third-order valence-corrected chi connectivity index (χ3v) is 4.15. The van der Waals surface area contributed by atoms with Gasteiger partial charge in [-0.1, -0.05) is 35.0 Å². The van der Waals surface area contributed by atoms with Crippen LogP contribution in [0.25, 0.3) is 0 Å². The van der Waals surface area contributed by atoms with Crippen molar-refractivity contribution < 1.29 is 27.4 Å². The van der Waals surface area contributed by atoms with Crippen molar-refractivity contribution in [1.29, 1.82) is 0 Å². The normalized spacial score (nSPS) is 11.3. The minimum Gasteiger partial charge on any atom is -0.437 e. The Morgan fingerprint density at radius 1 is 1.24 bits per heavy atom. The van der Waals surface area contributed by atoms with E-state index in [4.69, 9.17) is 23.2 Å². The summed E-state index contributed by atoms with van der Waals surface area (Å²) in [5.41, 5.74) is -0.810. The smallest absolute Gasteiger partial charge is 0.437 e. The summed E-state index contributed by atoms with van der Waals surface area (Å²) in [6, 6.07) is 0.493. The Morgan fingerprint density at radius 2 is 1.88 bits per heavy atom. The van der Waals surface area contributed by atoms with Crippen LogP contribution in [-0.2, 0) is 16.7 Å². The molecule has 2 rings (SSSR count). The first-order chi connectivity index (χ1) is 11.7. The molecule has 0 N–H and O–H groups in total. The Labute approximate surface area is 153 Å². The maximum absolute atomic E-state index is 12.9. The monoisotopic (exact) mass is 413 g/mol. The molecule has 2 heterocycles. The van der Waals surface area contributed by atoms with Crippen LogP contribution in [0.4, 0.5) is 18.0 Å². The van der Waals surface area contributed by atoms with Gasteiger partial charge in [-0.15, -0.1) is 0 Å². The van der Waals surface area contributed by atoms with E-state index >= 15 is 0 Å². The van der Waals surface area contributed by atoms with Gasteiger partial charge < -0.3 is 9.47 Å². The fraction of sp³-hybridized carbons (Fsp3) is 0.231. The third-order valence-electron chi connectivity index (χ3n) is 2.63. The van der Waals surface area contributed by atoms with Gasteiger partial charge in [0.1, 0.15) is 0 Å². The lowest BCUT2D eigenvalue weighted by molar-refractivity contribution is -0.141. The van der Waals surface area contributed by atoms with Crippen molar-refractivity contribution in [1.82, 2.24) is 15.0 Å². The van der Waals surface area contributed by atoms with Crippen molar-refractivity contribution >= 4 is 41.1 Å². The van der Waals surface area contributed by atoms with Crippen LogP contribution >= 0.6 is 35.0 Å². The Hall–Kier alpha value is -1.78. The highest BCUT2D eigenvalue weighted by atomic mass is 35.5. The molecule has 0 aliphatic rings. The second-order valence-electron chi connectivity index (χ2n) is 4.30. The van der Waals surface area contributed by atoms with E-state index in [1.54, 1.807) is 0 Å². The molecule has 6 nitrogen and oxygen atoms in total. The van der Waals surface area contributed by atoms with E-state index in [2.05, 4.69) is 24.4 Å². The molecule has 0 atom stereocenters. The summed E-state index contributed by atoms with van der Waals surface area (Å²) in [6.45, 7) is 0. The van der Waals surface area contributed by atoms with Gasteiger partial charge in [0, 0.05) is 29.8 Å². The van der Waals surface area contributed by atoms with E-state index in [9.17, 15) is 18.0 Å². The summed E-state index contributed by atoms with van der Waals surface area (Å²) >= 11 is 12.7. The molecule has 0 fully saturated rings. The standard InChI is InChI=1S/C13H8Cl2F3N3O3S/c1-23-12(22)24-10-2-9(13(16,17)18)20-11(21-10)25-5-6-7(14)3-19-4-8(6)15/h2-4H,5H2,1H3. The first kappa shape index (κ1) is 19.5. The number of thioether (sulfide) groups is 1. The number of methoxy groups -OCH3 is 1. The number of carbonyl (C=O) groups is 1. The Morgan fingerprint density at radius 3 is 2.44 bits per heavy atom. The lowest BCUT2D eigenvalue weighted by atomic mass is 10.3. The van der Waals surface area contributed by atoms with Crippen LogP contribution in [0.3, 0.4) is 0 Å². The van der Waals surface area contributed by atoms with Gasteiger partial charge in [-0.25, -0.2) is 9.78 Å². The van der Waals surface area contributed by atoms with Crippen LogP contribution in [0.1, 0.15) is 11.3 Å². The average molecular weight is 414 g/mol. The zero-order valence-corrected chi connectivity index (χ0v) is 14.6. The molecule has 0 aromatic carbocycles. The van der Waals surface area contributed by atoms with E-state index in [0.29, 0.717) is 11.6 Å². The van der Waals surface area contributed by atoms with Gasteiger partial charge in [0.05, 0.1) is 17.2 Å². The molecule has 0 unspecified atom stereocenters. The van der Waals surface area contributed by atoms with Crippen LogP contribution in [0.15, 0.2) is 23.6 Å². The largest absolute Gasteiger partial charge is 0.514 e. The minimum absolute atomic E-state index is 0.0825. The summed E-state index contributed by atoms with van der Waals surface area (Å²) in [4.78, 5) is 22.0. The number of pyridine rings is 1. The van der Waals surface area contributed by atoms with Crippen LogP contribution < -0.4 is 4.74 Å². The van der Waals surface area contributed by atoms with Crippen LogP contribution in [0.2, 0.25) is 10.0 Å². The third kappa shape index (κ3) is 5.35. The molecule has 2 aromatic rings. The zero-order valence-electron chi connectivity index (χ0n) is 12.3. The van der Waals surface area contributed by atoms with Crippen LogP contribution in [0, 0.1) is 0 Å². The van der Waals surface area contributed by atoms with Gasteiger partial charge in [0.25, 0.3) is 0 Å². The lowest BCUT2D eigenvalue weighted by Crippen LogP contribution is -2.13. The Balaban J connectivity index is 2.29. The number of hydrogen-bond acceptors (Lipinski definition) is 7. The van der Waals surface area contributed by atoms with Crippen LogP contribution in [0.5, 0.6) is 5.88 Å². The van der Waals surface area contributed by atoms with Crippen molar-refractivity contribution in [3.8, 4) is 5.88 Å². The van der Waals surface area contributed by atoms with Crippen molar-refractivity contribution in [2.45, 2.75) is 17.1 Å². The number of hydrogen-bond donors (Lipinski definition) is 0. The van der Waals surface area contributed by atoms with Gasteiger partial charge in [-0.05, 0) is 0 Å². The number of ether oxygens (including phenoxy) is 2. The Kier molecular flexibility index (Phi) is 6.31. The molecule has 0 spiro atoms. The molecule has 0 aliphatic heterocycles. The summed E-state index contributed by atoms with van der Waals surface area (Å²) < 4.78 is 47.6. The first-order valence-electron chi connectivity index (χ1n) is 6.33. The fourth-order valence-electron chi connectivity index (χ4n) is 1.51. The summed E-state index contributed by atoms with van der Waals surface area (Å²) in [6.07, 6.45) is -3.26. The first-order valence-corrected chi connectivity index (χ1v) is 8.07. The zero-order chi connectivity index (χ0) is 18.6. The van der Waals surface area contributed by atoms with E-state index in [-0.39, 0.29) is 21.0 Å². The molecule has 134 valence electrons. The number of rotatable bonds is 4. The summed E-state index contributed by atoms with van der Waals surface area (Å²) in [5.74, 6) is -0.511. The average Bonchev–Trinajstić information content (AvgIpc) is 2.53. The highest BCUT2D eigenvalue weighted by Gasteiger charge is 2.34. The molecule has 0 bridgehead atoms. The van der Waals surface area contributed by atoms with Crippen molar-refractivity contribution in [2.75, 3.05) is 7.11 Å². The van der Waals surface area contributed by atoms with Gasteiger partial charge >= 0.3 is 12.3 Å². The topological polar surface area (TPSA) is 74.2 Å². The van der Waals surface area contributed by atoms with Crippen molar-refractivity contribution in [3.63, 3.8) is 0 Å². The minimum atomic E-state index is -4.75. The van der Waals surface area contributed by atoms with Gasteiger partial charge in [-0.3, -0.25) is 4.98 Å². The SMILES string of the molecule is COC(=O)Oc1cc(C(F)(F)F)nc(SCc2c(Cl)cncc2Cl)n1. The van der Waals surface area contributed by atoms with Crippen molar-refractivity contribution in [2.24, 2.45) is 0 Å². The fourth-order valence-corrected chi connectivity index (χ4v) is 3.06. The molecule has 0 amide bonds. The van der Waals surface area contributed by atoms with Crippen LogP contribution in [-0.4, -0.2) is 28.2 Å². The number of carbonyl (C=O) groups excluding carboxylic acids is 1. The van der Waals surface area contributed by atoms with E-state index in [0.717, 1.165) is 18.9 Å². The van der Waals surface area contributed by atoms with Crippen molar-refractivity contribution in [3.05, 3.63) is 39.8 Å². The molecule has 0 radical (unpaired) electrons. The molecule has 25 heavy (non-hydrogen) atoms. The quantitative estimate of drug-likeness (QED) is 0.410. The van der Waals surface area contributed by atoms with E-state index in [1.165, 1.54) is 12.4 Å². The molecule has 2 aromatic heterocycles. The summed E-state index contributed by atoms with van der Waals surface area (Å²) in [5, 5.41) is 0.216. The molecular formula is C13H8Cl2F3N3O3S. The second-order valence-corrected chi connectivity index (χ2v) is 6.06. The summed E-state index contributed by atoms with van der Waals surface area (Å²) in [7, 11) is 1.01. The number of nitrogens with zero attached hydrogens (tertiary/aromatic N) is 3. The van der Waals surface area contributed by atoms with Gasteiger partial charge in [-0.2, -0.15) is 18.2 Å². The molecule has 0 saturated carbocycles. The molecular weight excluding hydrogens is 406 g/mol. The number of alkyl halides is 3. The highest BCUT2D eigenvalue weighted by molar-refractivity contribution is 7.98. The highest BCUT2D eigenvalue weighted by Crippen LogP contribution is 2.33. The Bertz CT molecular complexity index is 773. The molecule has 0 aliphatic carbocycles. The van der Waals surface area contributed by atoms with E-state index in [1.807, 2.05) is 0 Å². The second kappa shape index (κ2) is 8.07. The lowest BCUT2D eigenvalue weighted by Gasteiger charge is -2.10. The number of aromatic nitrogens is 3. The predicted molar refractivity (Wildman–Crippen MR) is 83.9 cm³/mol. The van der Waals surface area contributed by atoms with Gasteiger partial charge in [0.15, 0.2) is 10.9 Å². The van der Waals surface area contributed by atoms with Gasteiger partial charge in [0.2, 0.25) is 5.88 Å². The maximum Gasteiger partial charge on any atom is 0.514 e. The molecule has 12 heteroatoms.